The number of carbonyl (C=O) groups excluding carboxylic acids is 1. The third kappa shape index (κ3) is 4.01. The second-order valence-corrected chi connectivity index (χ2v) is 7.54. The number of hydrogen-bond donors (Lipinski definition) is 0. The van der Waals surface area contributed by atoms with Crippen LogP contribution in [0.5, 0.6) is 0 Å². The van der Waals surface area contributed by atoms with Gasteiger partial charge in [0.2, 0.25) is 5.91 Å². The summed E-state index contributed by atoms with van der Waals surface area (Å²) in [5.74, 6) is -0.218. The van der Waals surface area contributed by atoms with Gasteiger partial charge < -0.3 is 0 Å². The molecule has 0 unspecified atom stereocenters. The second-order valence-electron chi connectivity index (χ2n) is 7.54. The molecule has 3 nitrogen and oxygen atoms in total. The van der Waals surface area contributed by atoms with E-state index in [1.807, 2.05) is 38.1 Å². The first-order valence-electron chi connectivity index (χ1n) is 9.08. The van der Waals surface area contributed by atoms with Crippen LogP contribution in [-0.2, 0) is 11.2 Å². The van der Waals surface area contributed by atoms with Crippen LogP contribution in [0.4, 0.5) is 4.39 Å². The fraction of sp³-hybridized carbons (Fsp3) is 0.364. The molecule has 0 bridgehead atoms. The van der Waals surface area contributed by atoms with Gasteiger partial charge in [-0.25, -0.2) is 9.40 Å². The van der Waals surface area contributed by atoms with Crippen LogP contribution in [0.25, 0.3) is 0 Å². The molecule has 1 aliphatic heterocycles. The van der Waals surface area contributed by atoms with Crippen molar-refractivity contribution in [1.29, 1.82) is 0 Å². The predicted molar refractivity (Wildman–Crippen MR) is 103 cm³/mol. The van der Waals surface area contributed by atoms with Crippen LogP contribution >= 0.6 is 0 Å². The lowest BCUT2D eigenvalue weighted by molar-refractivity contribution is -0.135. The summed E-state index contributed by atoms with van der Waals surface area (Å²) in [7, 11) is 0. The lowest BCUT2D eigenvalue weighted by atomic mass is 9.94. The average molecular weight is 352 g/mol. The Hall–Kier alpha value is -2.49. The van der Waals surface area contributed by atoms with E-state index in [1.54, 1.807) is 18.0 Å². The lowest BCUT2D eigenvalue weighted by Crippen LogP contribution is -2.40. The first-order chi connectivity index (χ1) is 12.4. The fourth-order valence-corrected chi connectivity index (χ4v) is 3.30. The number of aryl methyl sites for hydroxylation is 2. The monoisotopic (exact) mass is 352 g/mol. The highest BCUT2D eigenvalue weighted by atomic mass is 19.1. The third-order valence-corrected chi connectivity index (χ3v) is 4.83. The van der Waals surface area contributed by atoms with Gasteiger partial charge in [-0.3, -0.25) is 4.79 Å². The van der Waals surface area contributed by atoms with Gasteiger partial charge in [0.1, 0.15) is 5.82 Å². The van der Waals surface area contributed by atoms with Gasteiger partial charge in [0, 0.05) is 18.4 Å². The third-order valence-electron chi connectivity index (χ3n) is 4.83. The Bertz CT molecular complexity index is 827. The van der Waals surface area contributed by atoms with E-state index in [4.69, 9.17) is 0 Å². The van der Waals surface area contributed by atoms with Crippen LogP contribution in [0.2, 0.25) is 0 Å². The van der Waals surface area contributed by atoms with E-state index in [0.717, 1.165) is 24.1 Å². The van der Waals surface area contributed by atoms with Gasteiger partial charge >= 0.3 is 0 Å². The quantitative estimate of drug-likeness (QED) is 0.755. The van der Waals surface area contributed by atoms with Gasteiger partial charge in [-0.2, -0.15) is 5.10 Å². The Balaban J connectivity index is 1.68. The van der Waals surface area contributed by atoms with Crippen molar-refractivity contribution in [3.63, 3.8) is 0 Å². The van der Waals surface area contributed by atoms with E-state index >= 15 is 0 Å². The molecular weight excluding hydrogens is 327 g/mol. The lowest BCUT2D eigenvalue weighted by Gasteiger charge is -2.28. The van der Waals surface area contributed by atoms with Crippen LogP contribution in [-0.4, -0.2) is 22.2 Å². The Morgan fingerprint density at radius 1 is 1.19 bits per heavy atom. The maximum absolute atomic E-state index is 13.9. The van der Waals surface area contributed by atoms with Crippen molar-refractivity contribution in [3.05, 3.63) is 71.0 Å². The zero-order valence-electron chi connectivity index (χ0n) is 15.6. The minimum Gasteiger partial charge on any atom is -0.273 e. The first-order valence-corrected chi connectivity index (χ1v) is 9.08. The average Bonchev–Trinajstić information content (AvgIpc) is 2.93. The number of amides is 1. The summed E-state index contributed by atoms with van der Waals surface area (Å²) >= 11 is 0. The largest absolute Gasteiger partial charge is 0.273 e. The van der Waals surface area contributed by atoms with E-state index in [0.29, 0.717) is 18.4 Å². The molecule has 2 aromatic carbocycles. The summed E-state index contributed by atoms with van der Waals surface area (Å²) < 4.78 is 13.9. The molecule has 0 spiro atoms. The Labute approximate surface area is 154 Å². The summed E-state index contributed by atoms with van der Waals surface area (Å²) in [5.41, 5.74) is 2.98. The molecule has 0 fully saturated rings. The zero-order chi connectivity index (χ0) is 18.7. The standard InChI is InChI=1S/C22H25FN2O/c1-16-12-13-18(14-19(16)23)20-15-22(2,3)25(24-20)21(26)11-7-10-17-8-5-4-6-9-17/h4-6,8-9,12-14H,7,10-11,15H2,1-3H3. The van der Waals surface area contributed by atoms with Crippen molar-refractivity contribution >= 4 is 11.6 Å². The molecular formula is C22H25FN2O. The van der Waals surface area contributed by atoms with Gasteiger partial charge in [0.25, 0.3) is 0 Å². The summed E-state index contributed by atoms with van der Waals surface area (Å²) in [4.78, 5) is 12.7. The topological polar surface area (TPSA) is 32.7 Å². The van der Waals surface area contributed by atoms with Crippen molar-refractivity contribution in [2.24, 2.45) is 5.10 Å². The van der Waals surface area contributed by atoms with Gasteiger partial charge in [0.05, 0.1) is 11.3 Å². The molecule has 0 saturated heterocycles. The van der Waals surface area contributed by atoms with E-state index in [2.05, 4.69) is 17.2 Å². The van der Waals surface area contributed by atoms with Crippen LogP contribution in [0.1, 0.15) is 49.8 Å². The summed E-state index contributed by atoms with van der Waals surface area (Å²) in [6, 6.07) is 15.3. The number of rotatable bonds is 5. The number of carbonyl (C=O) groups is 1. The minimum atomic E-state index is -0.388. The summed E-state index contributed by atoms with van der Waals surface area (Å²) in [6.45, 7) is 5.74. The second kappa shape index (κ2) is 7.40. The Morgan fingerprint density at radius 2 is 1.92 bits per heavy atom. The van der Waals surface area contributed by atoms with Crippen LogP contribution < -0.4 is 0 Å². The van der Waals surface area contributed by atoms with Gasteiger partial charge in [-0.15, -0.1) is 0 Å². The molecule has 4 heteroatoms. The number of hydrazone groups is 1. The van der Waals surface area contributed by atoms with Crippen LogP contribution in [0.15, 0.2) is 53.6 Å². The zero-order valence-corrected chi connectivity index (χ0v) is 15.6. The molecule has 0 atom stereocenters. The smallest absolute Gasteiger partial charge is 0.243 e. The van der Waals surface area contributed by atoms with E-state index in [1.165, 1.54) is 11.6 Å². The van der Waals surface area contributed by atoms with Gasteiger partial charge in [-0.05, 0) is 50.8 Å². The molecule has 3 rings (SSSR count). The molecule has 0 N–H and O–H groups in total. The Morgan fingerprint density at radius 3 is 2.62 bits per heavy atom. The van der Waals surface area contributed by atoms with Crippen molar-refractivity contribution in [2.75, 3.05) is 0 Å². The molecule has 0 saturated carbocycles. The number of halogens is 1. The van der Waals surface area contributed by atoms with Gasteiger partial charge in [0.15, 0.2) is 0 Å². The maximum atomic E-state index is 13.9. The minimum absolute atomic E-state index is 0.0218. The maximum Gasteiger partial charge on any atom is 0.243 e. The first kappa shape index (κ1) is 18.3. The predicted octanol–water partition coefficient (Wildman–Crippen LogP) is 4.87. The van der Waals surface area contributed by atoms with Gasteiger partial charge in [-0.1, -0.05) is 42.5 Å². The molecule has 0 aliphatic carbocycles. The molecule has 0 aromatic heterocycles. The molecule has 2 aromatic rings. The molecule has 136 valence electrons. The molecule has 0 radical (unpaired) electrons. The summed E-state index contributed by atoms with van der Waals surface area (Å²) in [5, 5.41) is 6.13. The molecule has 1 amide bonds. The molecule has 26 heavy (non-hydrogen) atoms. The number of benzene rings is 2. The number of nitrogens with zero attached hydrogens (tertiary/aromatic N) is 2. The van der Waals surface area contributed by atoms with Crippen molar-refractivity contribution in [3.8, 4) is 0 Å². The van der Waals surface area contributed by atoms with Crippen LogP contribution in [0.3, 0.4) is 0 Å². The SMILES string of the molecule is Cc1ccc(C2=NN(C(=O)CCCc3ccccc3)C(C)(C)C2)cc1F. The highest BCUT2D eigenvalue weighted by molar-refractivity contribution is 6.03. The Kier molecular flexibility index (Phi) is 5.21. The van der Waals surface area contributed by atoms with E-state index in [-0.39, 0.29) is 17.3 Å². The highest BCUT2D eigenvalue weighted by Gasteiger charge is 2.38. The number of hydrogen-bond acceptors (Lipinski definition) is 2. The fourth-order valence-electron chi connectivity index (χ4n) is 3.30. The summed E-state index contributed by atoms with van der Waals surface area (Å²) in [6.07, 6.45) is 2.75. The van der Waals surface area contributed by atoms with Crippen molar-refractivity contribution in [2.45, 2.75) is 52.0 Å². The van der Waals surface area contributed by atoms with Crippen LogP contribution in [0, 0.1) is 12.7 Å². The van der Waals surface area contributed by atoms with E-state index < -0.39 is 0 Å². The van der Waals surface area contributed by atoms with Crippen molar-refractivity contribution in [1.82, 2.24) is 5.01 Å². The molecule has 1 aliphatic rings. The van der Waals surface area contributed by atoms with E-state index in [9.17, 15) is 9.18 Å². The highest BCUT2D eigenvalue weighted by Crippen LogP contribution is 2.30. The normalized spacial score (nSPS) is 15.8. The van der Waals surface area contributed by atoms with Crippen molar-refractivity contribution < 1.29 is 9.18 Å². The molecule has 1 heterocycles.